The molecular weight excluding hydrogens is 344 g/mol. The molecule has 2 heterocycles. The minimum atomic E-state index is 0.0327. The summed E-state index contributed by atoms with van der Waals surface area (Å²) in [6.45, 7) is 9.69. The molecule has 0 aliphatic heterocycles. The Hall–Kier alpha value is -2.08. The summed E-state index contributed by atoms with van der Waals surface area (Å²) in [5, 5.41) is 8.81. The van der Waals surface area contributed by atoms with Crippen LogP contribution in [-0.2, 0) is 12.0 Å². The van der Waals surface area contributed by atoms with Crippen LogP contribution in [0.4, 0.5) is 0 Å². The van der Waals surface area contributed by atoms with Gasteiger partial charge >= 0.3 is 0 Å². The molecule has 0 unspecified atom stereocenters. The molecule has 0 bridgehead atoms. The number of aliphatic imine (C=N–C) groups is 1. The lowest BCUT2D eigenvalue weighted by molar-refractivity contribution is 0.546. The minimum Gasteiger partial charge on any atom is -0.357 e. The lowest BCUT2D eigenvalue weighted by Gasteiger charge is -2.21. The highest BCUT2D eigenvalue weighted by molar-refractivity contribution is 7.10. The summed E-state index contributed by atoms with van der Waals surface area (Å²) in [5.41, 5.74) is 0.0940. The lowest BCUT2D eigenvalue weighted by atomic mass is 9.92. The van der Waals surface area contributed by atoms with Gasteiger partial charge in [0.2, 0.25) is 5.56 Å². The summed E-state index contributed by atoms with van der Waals surface area (Å²) in [6.07, 6.45) is 3.78. The summed E-state index contributed by atoms with van der Waals surface area (Å²) >= 11 is 1.78. The predicted octanol–water partition coefficient (Wildman–Crippen LogP) is 3.22. The van der Waals surface area contributed by atoms with E-state index in [9.17, 15) is 4.79 Å². The topological polar surface area (TPSA) is 58.4 Å². The standard InChI is InChI=1S/C20H30N4OS/c1-4-21-19(23-16-20(2,3)17-10-9-15-26-17)22-12-6-8-14-24-13-7-5-11-18(24)25/h5,7,9-11,13,15H,4,6,8,12,14,16H2,1-3H3,(H2,21,22,23). The Morgan fingerprint density at radius 2 is 2.04 bits per heavy atom. The van der Waals surface area contributed by atoms with Crippen LogP contribution in [0.3, 0.4) is 0 Å². The van der Waals surface area contributed by atoms with Gasteiger partial charge in [-0.3, -0.25) is 9.79 Å². The minimum absolute atomic E-state index is 0.0327. The number of nitrogens with zero attached hydrogens (tertiary/aromatic N) is 2. The Bertz CT molecular complexity index is 734. The number of rotatable bonds is 9. The third kappa shape index (κ3) is 6.33. The van der Waals surface area contributed by atoms with Gasteiger partial charge in [0.05, 0.1) is 6.54 Å². The number of nitrogens with one attached hydrogen (secondary N) is 2. The van der Waals surface area contributed by atoms with Crippen molar-refractivity contribution in [1.29, 1.82) is 0 Å². The van der Waals surface area contributed by atoms with Crippen molar-refractivity contribution in [1.82, 2.24) is 15.2 Å². The number of thiophene rings is 1. The van der Waals surface area contributed by atoms with Crippen molar-refractivity contribution in [3.63, 3.8) is 0 Å². The highest BCUT2D eigenvalue weighted by Crippen LogP contribution is 2.27. The van der Waals surface area contributed by atoms with E-state index in [1.54, 1.807) is 28.0 Å². The highest BCUT2D eigenvalue weighted by Gasteiger charge is 2.21. The highest BCUT2D eigenvalue weighted by atomic mass is 32.1. The molecule has 2 aromatic heterocycles. The van der Waals surface area contributed by atoms with Crippen molar-refractivity contribution < 1.29 is 0 Å². The van der Waals surface area contributed by atoms with Crippen LogP contribution < -0.4 is 16.2 Å². The summed E-state index contributed by atoms with van der Waals surface area (Å²) in [5.74, 6) is 0.856. The maximum Gasteiger partial charge on any atom is 0.250 e. The molecule has 0 aliphatic rings. The largest absolute Gasteiger partial charge is 0.357 e. The number of guanidine groups is 1. The Balaban J connectivity index is 1.78. The molecule has 2 aromatic rings. The lowest BCUT2D eigenvalue weighted by Crippen LogP contribution is -2.39. The van der Waals surface area contributed by atoms with Gasteiger partial charge in [-0.15, -0.1) is 11.3 Å². The number of hydrogen-bond acceptors (Lipinski definition) is 3. The quantitative estimate of drug-likeness (QED) is 0.402. The van der Waals surface area contributed by atoms with Crippen LogP contribution in [0.2, 0.25) is 0 Å². The maximum absolute atomic E-state index is 11.7. The Morgan fingerprint density at radius 3 is 2.73 bits per heavy atom. The first-order valence-corrected chi connectivity index (χ1v) is 10.1. The van der Waals surface area contributed by atoms with Gasteiger partial charge in [-0.2, -0.15) is 0 Å². The van der Waals surface area contributed by atoms with Gasteiger partial charge in [-0.25, -0.2) is 0 Å². The fourth-order valence-corrected chi connectivity index (χ4v) is 3.46. The summed E-state index contributed by atoms with van der Waals surface area (Å²) in [7, 11) is 0. The van der Waals surface area contributed by atoms with E-state index in [1.807, 2.05) is 12.3 Å². The van der Waals surface area contributed by atoms with E-state index >= 15 is 0 Å². The SMILES string of the molecule is CCNC(=NCC(C)(C)c1cccs1)NCCCCn1ccccc1=O. The zero-order valence-corrected chi connectivity index (χ0v) is 16.8. The van der Waals surface area contributed by atoms with Crippen molar-refractivity contribution in [3.8, 4) is 0 Å². The molecule has 0 saturated carbocycles. The van der Waals surface area contributed by atoms with Gasteiger partial charge in [0, 0.05) is 42.2 Å². The Morgan fingerprint density at radius 1 is 1.19 bits per heavy atom. The van der Waals surface area contributed by atoms with Crippen molar-refractivity contribution in [2.45, 2.75) is 45.6 Å². The van der Waals surface area contributed by atoms with Crippen molar-refractivity contribution in [2.75, 3.05) is 19.6 Å². The molecule has 0 spiro atoms. The second-order valence-corrected chi connectivity index (χ2v) is 7.87. The summed E-state index contributed by atoms with van der Waals surface area (Å²) in [6, 6.07) is 9.53. The second kappa shape index (κ2) is 10.2. The number of pyridine rings is 1. The normalized spacial score (nSPS) is 12.2. The van der Waals surface area contributed by atoms with Crippen LogP contribution in [0.5, 0.6) is 0 Å². The van der Waals surface area contributed by atoms with Gasteiger partial charge < -0.3 is 15.2 Å². The monoisotopic (exact) mass is 374 g/mol. The smallest absolute Gasteiger partial charge is 0.250 e. The fourth-order valence-electron chi connectivity index (χ4n) is 2.62. The van der Waals surface area contributed by atoms with Gasteiger partial charge in [0.25, 0.3) is 0 Å². The Kier molecular flexibility index (Phi) is 7.91. The van der Waals surface area contributed by atoms with E-state index in [4.69, 9.17) is 4.99 Å². The van der Waals surface area contributed by atoms with Crippen molar-refractivity contribution in [3.05, 3.63) is 57.1 Å². The number of hydrogen-bond donors (Lipinski definition) is 2. The number of aromatic nitrogens is 1. The molecule has 0 saturated heterocycles. The maximum atomic E-state index is 11.7. The van der Waals surface area contributed by atoms with E-state index < -0.39 is 0 Å². The van der Waals surface area contributed by atoms with Gasteiger partial charge in [0.15, 0.2) is 5.96 Å². The zero-order chi connectivity index (χ0) is 18.8. The van der Waals surface area contributed by atoms with E-state index in [0.717, 1.165) is 45.0 Å². The molecule has 0 fully saturated rings. The average molecular weight is 375 g/mol. The van der Waals surface area contributed by atoms with Crippen LogP contribution in [0.25, 0.3) is 0 Å². The average Bonchev–Trinajstić information content (AvgIpc) is 3.16. The Labute approximate surface area is 160 Å². The molecule has 2 rings (SSSR count). The molecule has 2 N–H and O–H groups in total. The van der Waals surface area contributed by atoms with E-state index in [2.05, 4.69) is 48.9 Å². The first-order chi connectivity index (χ1) is 12.5. The van der Waals surface area contributed by atoms with Crippen LogP contribution in [0, 0.1) is 0 Å². The molecular formula is C20H30N4OS. The molecule has 5 nitrogen and oxygen atoms in total. The molecule has 26 heavy (non-hydrogen) atoms. The molecule has 0 amide bonds. The zero-order valence-electron chi connectivity index (χ0n) is 16.0. The molecule has 0 aromatic carbocycles. The van der Waals surface area contributed by atoms with E-state index in [0.29, 0.717) is 0 Å². The molecule has 0 radical (unpaired) electrons. The van der Waals surface area contributed by atoms with Crippen LogP contribution in [-0.4, -0.2) is 30.2 Å². The second-order valence-electron chi connectivity index (χ2n) is 6.92. The van der Waals surface area contributed by atoms with Crippen molar-refractivity contribution in [2.24, 2.45) is 4.99 Å². The molecule has 142 valence electrons. The predicted molar refractivity (Wildman–Crippen MR) is 111 cm³/mol. The fraction of sp³-hybridized carbons (Fsp3) is 0.500. The summed E-state index contributed by atoms with van der Waals surface area (Å²) < 4.78 is 1.75. The molecule has 6 heteroatoms. The van der Waals surface area contributed by atoms with Gasteiger partial charge in [0.1, 0.15) is 0 Å². The number of aryl methyl sites for hydroxylation is 1. The first kappa shape index (κ1) is 20.2. The molecule has 0 aliphatic carbocycles. The van der Waals surface area contributed by atoms with E-state index in [1.165, 1.54) is 4.88 Å². The van der Waals surface area contributed by atoms with Crippen LogP contribution in [0.15, 0.2) is 51.7 Å². The van der Waals surface area contributed by atoms with Crippen LogP contribution >= 0.6 is 11.3 Å². The van der Waals surface area contributed by atoms with E-state index in [-0.39, 0.29) is 11.0 Å². The third-order valence-corrected chi connectivity index (χ3v) is 5.42. The van der Waals surface area contributed by atoms with Crippen molar-refractivity contribution >= 4 is 17.3 Å². The van der Waals surface area contributed by atoms with Gasteiger partial charge in [-0.1, -0.05) is 26.0 Å². The molecule has 0 atom stereocenters. The van der Waals surface area contributed by atoms with Crippen LogP contribution in [0.1, 0.15) is 38.5 Å². The van der Waals surface area contributed by atoms with Gasteiger partial charge in [-0.05, 0) is 37.3 Å². The first-order valence-electron chi connectivity index (χ1n) is 9.24. The summed E-state index contributed by atoms with van der Waals surface area (Å²) in [4.78, 5) is 17.8. The number of unbranched alkanes of at least 4 members (excludes halogenated alkanes) is 1. The third-order valence-electron chi connectivity index (χ3n) is 4.18.